The highest BCUT2D eigenvalue weighted by molar-refractivity contribution is 7.90. The van der Waals surface area contributed by atoms with Crippen LogP contribution < -0.4 is 4.72 Å². The van der Waals surface area contributed by atoms with Gasteiger partial charge in [-0.05, 0) is 24.5 Å². The highest BCUT2D eigenvalue weighted by Gasteiger charge is 2.23. The Morgan fingerprint density at radius 2 is 1.87 bits per heavy atom. The van der Waals surface area contributed by atoms with Gasteiger partial charge >= 0.3 is 5.97 Å². The summed E-state index contributed by atoms with van der Waals surface area (Å²) in [6, 6.07) is 2.20. The van der Waals surface area contributed by atoms with Crippen molar-refractivity contribution in [1.82, 2.24) is 9.71 Å². The van der Waals surface area contributed by atoms with E-state index in [4.69, 9.17) is 5.11 Å². The summed E-state index contributed by atoms with van der Waals surface area (Å²) in [5.41, 5.74) is 0. The third-order valence-electron chi connectivity index (χ3n) is 3.02. The van der Waals surface area contributed by atoms with Crippen LogP contribution in [0.5, 0.6) is 0 Å². The van der Waals surface area contributed by atoms with Crippen molar-refractivity contribution in [2.24, 2.45) is 11.8 Å². The summed E-state index contributed by atoms with van der Waals surface area (Å²) in [5, 5.41) is 8.87. The lowest BCUT2D eigenvalue weighted by atomic mass is 9.98. The molecule has 130 valence electrons. The normalized spacial score (nSPS) is 13.9. The SMILES string of the molecule is CC(C)CC(CNS(=O)(=O)c1ccc(S(C)(=O)=O)nc1)C(=O)O. The van der Waals surface area contributed by atoms with Crippen LogP contribution in [0.4, 0.5) is 0 Å². The Morgan fingerprint density at radius 1 is 1.26 bits per heavy atom. The summed E-state index contributed by atoms with van der Waals surface area (Å²) in [5.74, 6) is -1.81. The van der Waals surface area contributed by atoms with Crippen LogP contribution in [0.2, 0.25) is 0 Å². The summed E-state index contributed by atoms with van der Waals surface area (Å²) < 4.78 is 49.0. The first-order chi connectivity index (χ1) is 10.4. The van der Waals surface area contributed by atoms with Crippen LogP contribution >= 0.6 is 0 Å². The summed E-state index contributed by atoms with van der Waals surface area (Å²) >= 11 is 0. The number of nitrogens with one attached hydrogen (secondary N) is 1. The van der Waals surface area contributed by atoms with Gasteiger partial charge in [0.25, 0.3) is 0 Å². The minimum Gasteiger partial charge on any atom is -0.481 e. The first kappa shape index (κ1) is 19.5. The smallest absolute Gasteiger partial charge is 0.307 e. The van der Waals surface area contributed by atoms with Crippen LogP contribution in [0.25, 0.3) is 0 Å². The predicted octanol–water partition coefficient (Wildman–Crippen LogP) is 0.510. The number of sulfone groups is 1. The van der Waals surface area contributed by atoms with Crippen molar-refractivity contribution in [3.05, 3.63) is 18.3 Å². The Hall–Kier alpha value is -1.52. The Kier molecular flexibility index (Phi) is 6.25. The zero-order valence-corrected chi connectivity index (χ0v) is 14.7. The molecule has 2 N–H and O–H groups in total. The van der Waals surface area contributed by atoms with Crippen LogP contribution in [0.3, 0.4) is 0 Å². The van der Waals surface area contributed by atoms with E-state index in [2.05, 4.69) is 9.71 Å². The largest absolute Gasteiger partial charge is 0.481 e. The summed E-state index contributed by atoms with van der Waals surface area (Å²) in [6.07, 6.45) is 2.23. The Labute approximate surface area is 135 Å². The van der Waals surface area contributed by atoms with E-state index in [0.717, 1.165) is 24.6 Å². The Bertz CT molecular complexity index is 754. The van der Waals surface area contributed by atoms with Gasteiger partial charge in [-0.15, -0.1) is 0 Å². The first-order valence-electron chi connectivity index (χ1n) is 6.82. The molecular formula is C13H20N2O6S2. The van der Waals surface area contributed by atoms with Gasteiger partial charge in [0, 0.05) is 19.0 Å². The molecule has 0 aliphatic heterocycles. The lowest BCUT2D eigenvalue weighted by molar-refractivity contribution is -0.142. The van der Waals surface area contributed by atoms with Crippen LogP contribution in [-0.2, 0) is 24.7 Å². The maximum Gasteiger partial charge on any atom is 0.307 e. The minimum absolute atomic E-state index is 0.108. The van der Waals surface area contributed by atoms with Crippen molar-refractivity contribution < 1.29 is 26.7 Å². The number of hydrogen-bond donors (Lipinski definition) is 2. The van der Waals surface area contributed by atoms with Gasteiger partial charge in [-0.3, -0.25) is 4.79 Å². The van der Waals surface area contributed by atoms with Gasteiger partial charge in [-0.2, -0.15) is 0 Å². The number of aromatic nitrogens is 1. The van der Waals surface area contributed by atoms with E-state index < -0.39 is 31.7 Å². The number of carboxylic acids is 1. The Morgan fingerprint density at radius 3 is 2.26 bits per heavy atom. The number of pyridine rings is 1. The third-order valence-corrected chi connectivity index (χ3v) is 5.43. The van der Waals surface area contributed by atoms with Gasteiger partial charge in [0.2, 0.25) is 10.0 Å². The van der Waals surface area contributed by atoms with Crippen LogP contribution in [0.1, 0.15) is 20.3 Å². The maximum absolute atomic E-state index is 12.1. The zero-order chi connectivity index (χ0) is 17.8. The number of rotatable bonds is 8. The number of hydrogen-bond acceptors (Lipinski definition) is 6. The molecular weight excluding hydrogens is 344 g/mol. The summed E-state index contributed by atoms with van der Waals surface area (Å²) in [4.78, 5) is 14.5. The lowest BCUT2D eigenvalue weighted by Crippen LogP contribution is -2.33. The van der Waals surface area contributed by atoms with Gasteiger partial charge in [-0.1, -0.05) is 13.8 Å². The number of carbonyl (C=O) groups is 1. The van der Waals surface area contributed by atoms with Gasteiger partial charge in [0.05, 0.1) is 5.92 Å². The molecule has 0 saturated carbocycles. The van der Waals surface area contributed by atoms with Crippen molar-refractivity contribution in [1.29, 1.82) is 0 Å². The quantitative estimate of drug-likeness (QED) is 0.687. The molecule has 23 heavy (non-hydrogen) atoms. The molecule has 0 aromatic carbocycles. The van der Waals surface area contributed by atoms with E-state index in [9.17, 15) is 21.6 Å². The molecule has 1 aromatic rings. The average molecular weight is 364 g/mol. The van der Waals surface area contributed by atoms with Crippen LogP contribution in [-0.4, -0.2) is 45.7 Å². The molecule has 0 amide bonds. The van der Waals surface area contributed by atoms with E-state index in [1.807, 2.05) is 13.8 Å². The Balaban J connectivity index is 2.89. The molecule has 1 rings (SSSR count). The van der Waals surface area contributed by atoms with Crippen LogP contribution in [0, 0.1) is 11.8 Å². The highest BCUT2D eigenvalue weighted by Crippen LogP contribution is 2.14. The second-order valence-corrected chi connectivity index (χ2v) is 9.35. The zero-order valence-electron chi connectivity index (χ0n) is 13.1. The first-order valence-corrected chi connectivity index (χ1v) is 10.2. The molecule has 1 unspecified atom stereocenters. The fourth-order valence-corrected chi connectivity index (χ4v) is 3.46. The second-order valence-electron chi connectivity index (χ2n) is 5.62. The number of aliphatic carboxylic acids is 1. The molecule has 0 bridgehead atoms. The van der Waals surface area contributed by atoms with Gasteiger partial charge < -0.3 is 5.11 Å². The molecule has 0 radical (unpaired) electrons. The molecule has 0 aliphatic rings. The lowest BCUT2D eigenvalue weighted by Gasteiger charge is -2.15. The van der Waals surface area contributed by atoms with E-state index in [0.29, 0.717) is 6.42 Å². The van der Waals surface area contributed by atoms with Crippen molar-refractivity contribution in [3.63, 3.8) is 0 Å². The predicted molar refractivity (Wildman–Crippen MR) is 83.1 cm³/mol. The van der Waals surface area contributed by atoms with E-state index in [1.165, 1.54) is 0 Å². The highest BCUT2D eigenvalue weighted by atomic mass is 32.2. The van der Waals surface area contributed by atoms with E-state index in [1.54, 1.807) is 0 Å². The molecule has 0 fully saturated rings. The summed E-state index contributed by atoms with van der Waals surface area (Å²) in [7, 11) is -7.48. The fraction of sp³-hybridized carbons (Fsp3) is 0.538. The average Bonchev–Trinajstić information content (AvgIpc) is 2.42. The van der Waals surface area contributed by atoms with E-state index in [-0.39, 0.29) is 22.4 Å². The molecule has 10 heteroatoms. The molecule has 0 aliphatic carbocycles. The number of carboxylic acid groups (broad SMARTS) is 1. The van der Waals surface area contributed by atoms with Gasteiger partial charge in [0.1, 0.15) is 4.90 Å². The monoisotopic (exact) mass is 364 g/mol. The number of nitrogens with zero attached hydrogens (tertiary/aromatic N) is 1. The second kappa shape index (κ2) is 7.37. The van der Waals surface area contributed by atoms with Crippen molar-refractivity contribution in [2.75, 3.05) is 12.8 Å². The van der Waals surface area contributed by atoms with E-state index >= 15 is 0 Å². The molecule has 1 atom stereocenters. The third kappa shape index (κ3) is 5.88. The van der Waals surface area contributed by atoms with Crippen molar-refractivity contribution >= 4 is 25.8 Å². The maximum atomic E-state index is 12.1. The number of sulfonamides is 1. The molecule has 1 aromatic heterocycles. The molecule has 8 nitrogen and oxygen atoms in total. The molecule has 0 saturated heterocycles. The minimum atomic E-state index is -3.96. The van der Waals surface area contributed by atoms with Crippen LogP contribution in [0.15, 0.2) is 28.3 Å². The fourth-order valence-electron chi connectivity index (χ4n) is 1.88. The van der Waals surface area contributed by atoms with Gasteiger partial charge in [0.15, 0.2) is 14.9 Å². The van der Waals surface area contributed by atoms with Crippen molar-refractivity contribution in [2.45, 2.75) is 30.2 Å². The standard InChI is InChI=1S/C13H20N2O6S2/c1-9(2)6-10(13(16)17)7-15-23(20,21)11-4-5-12(14-8-11)22(3,18)19/h4-5,8-10,15H,6-7H2,1-3H3,(H,16,17). The molecule has 0 spiro atoms. The van der Waals surface area contributed by atoms with Crippen molar-refractivity contribution in [3.8, 4) is 0 Å². The topological polar surface area (TPSA) is 130 Å². The van der Waals surface area contributed by atoms with Gasteiger partial charge in [-0.25, -0.2) is 26.5 Å². The summed E-state index contributed by atoms with van der Waals surface area (Å²) in [6.45, 7) is 3.44. The molecule has 1 heterocycles.